The molecule has 1 amide bonds. The maximum Gasteiger partial charge on any atom is 0.451 e. The van der Waals surface area contributed by atoms with E-state index in [1.54, 1.807) is 6.07 Å². The lowest BCUT2D eigenvalue weighted by Gasteiger charge is -2.29. The summed E-state index contributed by atoms with van der Waals surface area (Å²) in [7, 11) is 0. The third-order valence-electron chi connectivity index (χ3n) is 4.86. The van der Waals surface area contributed by atoms with Crippen LogP contribution in [0.1, 0.15) is 23.8 Å². The quantitative estimate of drug-likeness (QED) is 0.635. The van der Waals surface area contributed by atoms with Crippen LogP contribution < -0.4 is 5.73 Å². The van der Waals surface area contributed by atoms with Gasteiger partial charge in [-0.1, -0.05) is 0 Å². The lowest BCUT2D eigenvalue weighted by atomic mass is 10.0. The van der Waals surface area contributed by atoms with Crippen molar-refractivity contribution < 1.29 is 22.4 Å². The molecule has 0 saturated heterocycles. The number of aromatic nitrogens is 5. The van der Waals surface area contributed by atoms with Crippen molar-refractivity contribution in [3.8, 4) is 0 Å². The van der Waals surface area contributed by atoms with Gasteiger partial charge in [-0.05, 0) is 12.1 Å². The van der Waals surface area contributed by atoms with Crippen molar-refractivity contribution in [1.82, 2.24) is 29.9 Å². The summed E-state index contributed by atoms with van der Waals surface area (Å²) in [6.07, 6.45) is -4.27. The lowest BCUT2D eigenvalue weighted by molar-refractivity contribution is -0.148. The molecule has 29 heavy (non-hydrogen) atoms. The molecule has 8 nitrogen and oxygen atoms in total. The number of fused-ring (bicyclic) bond motifs is 2. The van der Waals surface area contributed by atoms with Crippen LogP contribution in [0.15, 0.2) is 18.2 Å². The van der Waals surface area contributed by atoms with E-state index in [0.29, 0.717) is 17.6 Å². The lowest BCUT2D eigenvalue weighted by Crippen LogP contribution is -2.42. The molecule has 2 aromatic heterocycles. The van der Waals surface area contributed by atoms with E-state index >= 15 is 0 Å². The third-order valence-corrected chi connectivity index (χ3v) is 4.86. The first-order valence-corrected chi connectivity index (χ1v) is 8.87. The van der Waals surface area contributed by atoms with E-state index in [0.717, 1.165) is 9.95 Å². The number of nitrogens with two attached hydrogens (primary N) is 1. The molecule has 1 aliphatic heterocycles. The van der Waals surface area contributed by atoms with E-state index in [1.165, 1.54) is 17.0 Å². The molecular weight excluding hydrogens is 394 g/mol. The number of alkyl halides is 3. The van der Waals surface area contributed by atoms with Gasteiger partial charge in [-0.3, -0.25) is 9.89 Å². The van der Waals surface area contributed by atoms with Crippen LogP contribution in [0.25, 0.3) is 10.9 Å². The number of amides is 1. The molecule has 0 bridgehead atoms. The Hall–Kier alpha value is -3.02. The number of nitrogens with one attached hydrogen (secondary N) is 1. The van der Waals surface area contributed by atoms with Crippen molar-refractivity contribution in [2.24, 2.45) is 5.73 Å². The highest BCUT2D eigenvalue weighted by Gasteiger charge is 2.39. The number of hydrogen-bond donors (Lipinski definition) is 2. The first-order valence-electron chi connectivity index (χ1n) is 8.87. The Balaban J connectivity index is 1.40. The van der Waals surface area contributed by atoms with Crippen LogP contribution >= 0.6 is 0 Å². The summed E-state index contributed by atoms with van der Waals surface area (Å²) in [4.78, 5) is 14.0. The second kappa shape index (κ2) is 7.10. The number of halogens is 4. The summed E-state index contributed by atoms with van der Waals surface area (Å²) in [5.41, 5.74) is 7.25. The van der Waals surface area contributed by atoms with E-state index in [-0.39, 0.29) is 37.8 Å². The maximum atomic E-state index is 13.3. The molecule has 0 spiro atoms. The van der Waals surface area contributed by atoms with Crippen LogP contribution in [0.4, 0.5) is 17.6 Å². The predicted molar refractivity (Wildman–Crippen MR) is 92.8 cm³/mol. The van der Waals surface area contributed by atoms with Gasteiger partial charge in [0.1, 0.15) is 5.82 Å². The number of carbonyl (C=O) groups excluding carboxylic acids is 1. The fourth-order valence-electron chi connectivity index (χ4n) is 3.46. The van der Waals surface area contributed by atoms with Crippen LogP contribution in [-0.4, -0.2) is 48.4 Å². The molecule has 0 aliphatic carbocycles. The van der Waals surface area contributed by atoms with E-state index in [1.807, 2.05) is 0 Å². The Bertz CT molecular complexity index is 1060. The van der Waals surface area contributed by atoms with Gasteiger partial charge in [-0.25, -0.2) is 4.39 Å². The van der Waals surface area contributed by atoms with E-state index in [9.17, 15) is 22.4 Å². The maximum absolute atomic E-state index is 13.3. The molecule has 3 aromatic rings. The second-order valence-electron chi connectivity index (χ2n) is 6.94. The van der Waals surface area contributed by atoms with Crippen LogP contribution in [-0.2, 0) is 30.5 Å². The molecular formula is C17H17F4N7O. The highest BCUT2D eigenvalue weighted by atomic mass is 19.4. The van der Waals surface area contributed by atoms with Gasteiger partial charge in [0.25, 0.3) is 0 Å². The number of carbonyl (C=O) groups is 1. The second-order valence-corrected chi connectivity index (χ2v) is 6.94. The van der Waals surface area contributed by atoms with Crippen molar-refractivity contribution in [3.05, 3.63) is 41.4 Å². The van der Waals surface area contributed by atoms with E-state index < -0.39 is 23.9 Å². The number of nitrogens with zero attached hydrogens (tertiary/aromatic N) is 5. The number of rotatable bonds is 4. The third kappa shape index (κ3) is 3.79. The molecule has 1 aliphatic rings. The number of benzene rings is 1. The molecule has 154 valence electrons. The molecule has 4 rings (SSSR count). The fourth-order valence-corrected chi connectivity index (χ4v) is 3.46. The zero-order chi connectivity index (χ0) is 20.8. The van der Waals surface area contributed by atoms with Crippen molar-refractivity contribution in [1.29, 1.82) is 0 Å². The van der Waals surface area contributed by atoms with Gasteiger partial charge in [0, 0.05) is 49.1 Å². The topological polar surface area (TPSA) is 106 Å². The van der Waals surface area contributed by atoms with Gasteiger partial charge >= 0.3 is 6.18 Å². The fraction of sp³-hybridized carbons (Fsp3) is 0.412. The van der Waals surface area contributed by atoms with Crippen LogP contribution in [0.2, 0.25) is 0 Å². The van der Waals surface area contributed by atoms with Gasteiger partial charge in [-0.15, -0.1) is 10.2 Å². The van der Waals surface area contributed by atoms with E-state index in [4.69, 9.17) is 5.73 Å². The Kier molecular flexibility index (Phi) is 4.73. The summed E-state index contributed by atoms with van der Waals surface area (Å²) in [6, 6.07) is 3.66. The average Bonchev–Trinajstić information content (AvgIpc) is 3.24. The van der Waals surface area contributed by atoms with E-state index in [2.05, 4.69) is 20.4 Å². The average molecular weight is 411 g/mol. The molecule has 3 N–H and O–H groups in total. The standard InChI is InChI=1S/C17H17F4N7O/c18-9-1-2-11-12(5-9)23-24-13(11)6-10(22)7-15(29)27-3-4-28-14(8-27)25-26-16(28)17(19,20)21/h1-2,5,10H,3-4,6-8,22H2,(H,23,24). The molecule has 0 radical (unpaired) electrons. The van der Waals surface area contributed by atoms with Gasteiger partial charge in [-0.2, -0.15) is 18.3 Å². The summed E-state index contributed by atoms with van der Waals surface area (Å²) in [5, 5.41) is 14.3. The molecule has 0 saturated carbocycles. The Morgan fingerprint density at radius 3 is 2.83 bits per heavy atom. The number of aromatic amines is 1. The summed E-state index contributed by atoms with van der Waals surface area (Å²) in [5.74, 6) is -1.65. The van der Waals surface area contributed by atoms with Gasteiger partial charge in [0.2, 0.25) is 11.7 Å². The molecule has 1 atom stereocenters. The summed E-state index contributed by atoms with van der Waals surface area (Å²) < 4.78 is 52.9. The minimum absolute atomic E-state index is 0.00196. The minimum Gasteiger partial charge on any atom is -0.333 e. The van der Waals surface area contributed by atoms with Crippen molar-refractivity contribution in [2.45, 2.75) is 38.1 Å². The Morgan fingerprint density at radius 1 is 1.28 bits per heavy atom. The highest BCUT2D eigenvalue weighted by Crippen LogP contribution is 2.29. The van der Waals surface area contributed by atoms with Crippen molar-refractivity contribution in [2.75, 3.05) is 6.54 Å². The minimum atomic E-state index is -4.59. The normalized spacial score (nSPS) is 15.6. The van der Waals surface area contributed by atoms with Crippen LogP contribution in [0, 0.1) is 5.82 Å². The summed E-state index contributed by atoms with van der Waals surface area (Å²) >= 11 is 0. The van der Waals surface area contributed by atoms with Gasteiger partial charge < -0.3 is 15.2 Å². The van der Waals surface area contributed by atoms with Gasteiger partial charge in [0.05, 0.1) is 12.1 Å². The SMILES string of the molecule is NC(CC(=O)N1CCn2c(nnc2C(F)(F)F)C1)Cc1[nH]nc2cc(F)ccc12. The largest absolute Gasteiger partial charge is 0.451 e. The zero-order valence-electron chi connectivity index (χ0n) is 15.1. The van der Waals surface area contributed by atoms with Crippen LogP contribution in [0.5, 0.6) is 0 Å². The summed E-state index contributed by atoms with van der Waals surface area (Å²) in [6.45, 7) is 0.0295. The van der Waals surface area contributed by atoms with Crippen molar-refractivity contribution in [3.63, 3.8) is 0 Å². The molecule has 1 aromatic carbocycles. The smallest absolute Gasteiger partial charge is 0.333 e. The molecule has 3 heterocycles. The Morgan fingerprint density at radius 2 is 2.07 bits per heavy atom. The molecule has 0 fully saturated rings. The first-order chi connectivity index (χ1) is 13.7. The zero-order valence-corrected chi connectivity index (χ0v) is 15.1. The Labute approximate surface area is 161 Å². The monoisotopic (exact) mass is 411 g/mol. The number of hydrogen-bond acceptors (Lipinski definition) is 5. The number of H-pyrrole nitrogens is 1. The predicted octanol–water partition coefficient (Wildman–Crippen LogP) is 1.61. The van der Waals surface area contributed by atoms with Gasteiger partial charge in [0.15, 0.2) is 5.82 Å². The highest BCUT2D eigenvalue weighted by molar-refractivity contribution is 5.81. The van der Waals surface area contributed by atoms with Crippen LogP contribution in [0.3, 0.4) is 0 Å². The molecule has 1 unspecified atom stereocenters. The van der Waals surface area contributed by atoms with Crippen molar-refractivity contribution >= 4 is 16.8 Å². The first kappa shape index (κ1) is 19.3. The molecule has 12 heteroatoms.